The van der Waals surface area contributed by atoms with Gasteiger partial charge in [0.1, 0.15) is 11.4 Å². The highest BCUT2D eigenvalue weighted by Gasteiger charge is 2.23. The molecule has 0 aliphatic carbocycles. The number of aryl methyl sites for hydroxylation is 1. The molecule has 0 unspecified atom stereocenters. The van der Waals surface area contributed by atoms with Crippen LogP contribution in [0.3, 0.4) is 0 Å². The lowest BCUT2D eigenvalue weighted by Gasteiger charge is -2.25. The molecule has 6 nitrogen and oxygen atoms in total. The SMILES string of the molecule is C=CCOC[C@H](O)CN(CCC)Cc1c(-c2ccccc2)nn(C)c1Oc1ccccc1. The van der Waals surface area contributed by atoms with Crippen LogP contribution in [0.4, 0.5) is 0 Å². The maximum absolute atomic E-state index is 10.5. The van der Waals surface area contributed by atoms with E-state index in [1.165, 1.54) is 0 Å². The van der Waals surface area contributed by atoms with E-state index in [1.54, 1.807) is 10.8 Å². The molecule has 6 heteroatoms. The zero-order chi connectivity index (χ0) is 22.8. The number of rotatable bonds is 13. The van der Waals surface area contributed by atoms with Crippen LogP contribution in [0.2, 0.25) is 0 Å². The van der Waals surface area contributed by atoms with Gasteiger partial charge in [-0.25, -0.2) is 4.68 Å². The van der Waals surface area contributed by atoms with E-state index in [1.807, 2.05) is 55.6 Å². The molecule has 0 saturated carbocycles. The quantitative estimate of drug-likeness (QED) is 0.313. The minimum atomic E-state index is -0.586. The van der Waals surface area contributed by atoms with Gasteiger partial charge < -0.3 is 14.6 Å². The Morgan fingerprint density at radius 1 is 1.12 bits per heavy atom. The van der Waals surface area contributed by atoms with E-state index in [9.17, 15) is 5.11 Å². The van der Waals surface area contributed by atoms with Gasteiger partial charge in [-0.2, -0.15) is 5.10 Å². The number of hydrogen-bond donors (Lipinski definition) is 1. The van der Waals surface area contributed by atoms with Crippen molar-refractivity contribution in [1.82, 2.24) is 14.7 Å². The summed E-state index contributed by atoms with van der Waals surface area (Å²) in [6, 6.07) is 19.9. The van der Waals surface area contributed by atoms with Crippen LogP contribution in [0.5, 0.6) is 11.6 Å². The molecule has 3 rings (SSSR count). The van der Waals surface area contributed by atoms with Crippen molar-refractivity contribution in [3.8, 4) is 22.9 Å². The van der Waals surface area contributed by atoms with Gasteiger partial charge in [-0.1, -0.05) is 61.5 Å². The first-order valence-electron chi connectivity index (χ1n) is 11.1. The Morgan fingerprint density at radius 3 is 2.47 bits per heavy atom. The van der Waals surface area contributed by atoms with Crippen molar-refractivity contribution in [3.63, 3.8) is 0 Å². The Kier molecular flexibility index (Phi) is 9.04. The monoisotopic (exact) mass is 435 g/mol. The van der Waals surface area contributed by atoms with Gasteiger partial charge in [-0.15, -0.1) is 6.58 Å². The van der Waals surface area contributed by atoms with E-state index in [0.717, 1.165) is 35.5 Å². The number of para-hydroxylation sites is 1. The molecule has 0 aliphatic rings. The third-order valence-electron chi connectivity index (χ3n) is 5.03. The molecule has 0 aliphatic heterocycles. The van der Waals surface area contributed by atoms with Crippen molar-refractivity contribution < 1.29 is 14.6 Å². The predicted octanol–water partition coefficient (Wildman–Crippen LogP) is 4.65. The maximum Gasteiger partial charge on any atom is 0.222 e. The number of hydrogen-bond acceptors (Lipinski definition) is 5. The third-order valence-corrected chi connectivity index (χ3v) is 5.03. The van der Waals surface area contributed by atoms with Crippen LogP contribution < -0.4 is 4.74 Å². The summed E-state index contributed by atoms with van der Waals surface area (Å²) in [6.07, 6.45) is 2.07. The summed E-state index contributed by atoms with van der Waals surface area (Å²) in [5, 5.41) is 15.3. The number of aliphatic hydroxyl groups is 1. The first kappa shape index (κ1) is 23.7. The number of aliphatic hydroxyl groups excluding tert-OH is 1. The molecule has 1 N–H and O–H groups in total. The molecule has 1 atom stereocenters. The molecule has 1 aromatic heterocycles. The highest BCUT2D eigenvalue weighted by molar-refractivity contribution is 5.65. The first-order valence-corrected chi connectivity index (χ1v) is 11.1. The molecule has 32 heavy (non-hydrogen) atoms. The Bertz CT molecular complexity index is 957. The van der Waals surface area contributed by atoms with Crippen LogP contribution in [-0.4, -0.2) is 52.2 Å². The van der Waals surface area contributed by atoms with Crippen molar-refractivity contribution in [2.24, 2.45) is 7.05 Å². The lowest BCUT2D eigenvalue weighted by atomic mass is 10.1. The van der Waals surface area contributed by atoms with Crippen LogP contribution in [0.15, 0.2) is 73.3 Å². The normalized spacial score (nSPS) is 12.1. The number of benzene rings is 2. The summed E-state index contributed by atoms with van der Waals surface area (Å²) >= 11 is 0. The maximum atomic E-state index is 10.5. The highest BCUT2D eigenvalue weighted by atomic mass is 16.5. The molecule has 0 fully saturated rings. The zero-order valence-corrected chi connectivity index (χ0v) is 19.0. The van der Waals surface area contributed by atoms with Crippen molar-refractivity contribution >= 4 is 0 Å². The fraction of sp³-hybridized carbons (Fsp3) is 0.346. The van der Waals surface area contributed by atoms with Crippen LogP contribution >= 0.6 is 0 Å². The summed E-state index contributed by atoms with van der Waals surface area (Å²) < 4.78 is 13.5. The standard InChI is InChI=1S/C26H33N3O3/c1-4-16-29(18-22(30)20-31-17-5-2)19-24-25(21-12-8-6-9-13-21)27-28(3)26(24)32-23-14-10-7-11-15-23/h5-15,22,30H,2,4,16-20H2,1,3H3/t22-/m1/s1. The van der Waals surface area contributed by atoms with Crippen LogP contribution in [0, 0.1) is 0 Å². The first-order chi connectivity index (χ1) is 15.6. The molecule has 0 bridgehead atoms. The fourth-order valence-electron chi connectivity index (χ4n) is 3.66. The van der Waals surface area contributed by atoms with Crippen molar-refractivity contribution in [2.75, 3.05) is 26.3 Å². The average molecular weight is 436 g/mol. The van der Waals surface area contributed by atoms with E-state index in [2.05, 4.69) is 30.5 Å². The number of ether oxygens (including phenoxy) is 2. The van der Waals surface area contributed by atoms with Gasteiger partial charge in [0, 0.05) is 25.7 Å². The van der Waals surface area contributed by atoms with Gasteiger partial charge in [-0.05, 0) is 25.1 Å². The Morgan fingerprint density at radius 2 is 1.81 bits per heavy atom. The molecule has 3 aromatic rings. The highest BCUT2D eigenvalue weighted by Crippen LogP contribution is 2.34. The van der Waals surface area contributed by atoms with E-state index in [4.69, 9.17) is 14.6 Å². The third kappa shape index (κ3) is 6.53. The zero-order valence-electron chi connectivity index (χ0n) is 19.0. The van der Waals surface area contributed by atoms with Crippen molar-refractivity contribution in [2.45, 2.75) is 26.0 Å². The summed E-state index contributed by atoms with van der Waals surface area (Å²) in [5.74, 6) is 1.46. The molecular formula is C26H33N3O3. The number of nitrogens with zero attached hydrogens (tertiary/aromatic N) is 3. The molecule has 0 radical (unpaired) electrons. The lowest BCUT2D eigenvalue weighted by Crippen LogP contribution is -2.35. The second kappa shape index (κ2) is 12.2. The summed E-state index contributed by atoms with van der Waals surface area (Å²) in [5.41, 5.74) is 2.92. The minimum Gasteiger partial charge on any atom is -0.439 e. The van der Waals surface area contributed by atoms with Gasteiger partial charge in [0.15, 0.2) is 0 Å². The number of aromatic nitrogens is 2. The van der Waals surface area contributed by atoms with Crippen molar-refractivity contribution in [3.05, 3.63) is 78.9 Å². The summed E-state index contributed by atoms with van der Waals surface area (Å²) in [6.45, 7) is 8.43. The van der Waals surface area contributed by atoms with E-state index in [-0.39, 0.29) is 6.61 Å². The second-order valence-electron chi connectivity index (χ2n) is 7.75. The molecule has 1 heterocycles. The van der Waals surface area contributed by atoms with Gasteiger partial charge >= 0.3 is 0 Å². The van der Waals surface area contributed by atoms with E-state index >= 15 is 0 Å². The fourth-order valence-corrected chi connectivity index (χ4v) is 3.66. The lowest BCUT2D eigenvalue weighted by molar-refractivity contribution is 0.0245. The molecule has 0 spiro atoms. The van der Waals surface area contributed by atoms with Crippen molar-refractivity contribution in [1.29, 1.82) is 0 Å². The molecule has 2 aromatic carbocycles. The van der Waals surface area contributed by atoms with Gasteiger partial charge in [0.2, 0.25) is 5.88 Å². The van der Waals surface area contributed by atoms with E-state index < -0.39 is 6.10 Å². The minimum absolute atomic E-state index is 0.276. The van der Waals surface area contributed by atoms with Gasteiger partial charge in [-0.3, -0.25) is 4.90 Å². The predicted molar refractivity (Wildman–Crippen MR) is 128 cm³/mol. The molecule has 0 amide bonds. The summed E-state index contributed by atoms with van der Waals surface area (Å²) in [4.78, 5) is 2.23. The van der Waals surface area contributed by atoms with Crippen LogP contribution in [0.1, 0.15) is 18.9 Å². The second-order valence-corrected chi connectivity index (χ2v) is 7.75. The summed E-state index contributed by atoms with van der Waals surface area (Å²) in [7, 11) is 1.90. The Hall–Kier alpha value is -2.93. The largest absolute Gasteiger partial charge is 0.439 e. The van der Waals surface area contributed by atoms with Crippen LogP contribution in [0.25, 0.3) is 11.3 Å². The molecular weight excluding hydrogens is 402 g/mol. The molecule has 170 valence electrons. The van der Waals surface area contributed by atoms with E-state index in [0.29, 0.717) is 25.6 Å². The molecule has 0 saturated heterocycles. The Balaban J connectivity index is 1.91. The topological polar surface area (TPSA) is 59.8 Å². The van der Waals surface area contributed by atoms with Gasteiger partial charge in [0.25, 0.3) is 0 Å². The van der Waals surface area contributed by atoms with Crippen LogP contribution in [-0.2, 0) is 18.3 Å². The Labute approximate surface area is 190 Å². The smallest absolute Gasteiger partial charge is 0.222 e. The average Bonchev–Trinajstić information content (AvgIpc) is 3.10. The van der Waals surface area contributed by atoms with Gasteiger partial charge in [0.05, 0.1) is 24.9 Å².